The molecule has 4 aromatic rings. The Hall–Kier alpha value is -4.33. The number of carbonyl (C=O) groups excluding carboxylic acids is 1. The van der Waals surface area contributed by atoms with Gasteiger partial charge in [-0.2, -0.15) is 0 Å². The van der Waals surface area contributed by atoms with Gasteiger partial charge in [-0.05, 0) is 47.5 Å². The van der Waals surface area contributed by atoms with E-state index in [-0.39, 0.29) is 24.8 Å². The van der Waals surface area contributed by atoms with E-state index in [4.69, 9.17) is 9.47 Å². The van der Waals surface area contributed by atoms with Crippen molar-refractivity contribution in [2.75, 3.05) is 6.79 Å². The standard InChI is InChI=1S/C24H19N3O5/c28-22(25-12-16-7-10-20-21(11-16)32-14-31-20)17-8-5-15(6-9-17)13-27-23(29)18-3-1-2-4-19(18)26-24(27)30/h1-11H,12-14H2,(H,25,28)(H,26,30). The zero-order valence-corrected chi connectivity index (χ0v) is 17.0. The monoisotopic (exact) mass is 429 g/mol. The van der Waals surface area contributed by atoms with Crippen LogP contribution in [0.3, 0.4) is 0 Å². The number of hydrogen-bond acceptors (Lipinski definition) is 5. The smallest absolute Gasteiger partial charge is 0.329 e. The fourth-order valence-corrected chi connectivity index (χ4v) is 3.62. The topological polar surface area (TPSA) is 102 Å². The second kappa shape index (κ2) is 8.07. The Morgan fingerprint density at radius 2 is 1.69 bits per heavy atom. The van der Waals surface area contributed by atoms with Crippen molar-refractivity contribution in [3.63, 3.8) is 0 Å². The van der Waals surface area contributed by atoms with Crippen molar-refractivity contribution < 1.29 is 14.3 Å². The van der Waals surface area contributed by atoms with Crippen LogP contribution < -0.4 is 26.0 Å². The molecule has 160 valence electrons. The molecule has 1 aliphatic heterocycles. The summed E-state index contributed by atoms with van der Waals surface area (Å²) in [5.74, 6) is 1.13. The first kappa shape index (κ1) is 19.6. The Kier molecular flexibility index (Phi) is 4.95. The van der Waals surface area contributed by atoms with Crippen molar-refractivity contribution in [3.05, 3.63) is 104 Å². The van der Waals surface area contributed by atoms with E-state index in [1.165, 1.54) is 0 Å². The molecule has 0 bridgehead atoms. The molecule has 5 rings (SSSR count). The van der Waals surface area contributed by atoms with Gasteiger partial charge in [-0.15, -0.1) is 0 Å². The van der Waals surface area contributed by atoms with Crippen LogP contribution in [0.15, 0.2) is 76.3 Å². The third-order valence-corrected chi connectivity index (χ3v) is 5.34. The summed E-state index contributed by atoms with van der Waals surface area (Å²) in [6.07, 6.45) is 0. The minimum atomic E-state index is -0.473. The lowest BCUT2D eigenvalue weighted by Crippen LogP contribution is -2.35. The second-order valence-electron chi connectivity index (χ2n) is 7.43. The van der Waals surface area contributed by atoms with E-state index in [2.05, 4.69) is 10.3 Å². The number of nitrogens with one attached hydrogen (secondary N) is 2. The zero-order chi connectivity index (χ0) is 22.1. The summed E-state index contributed by atoms with van der Waals surface area (Å²) in [5.41, 5.74) is 1.80. The minimum Gasteiger partial charge on any atom is -0.454 e. The lowest BCUT2D eigenvalue weighted by Gasteiger charge is -2.09. The van der Waals surface area contributed by atoms with Crippen LogP contribution in [-0.2, 0) is 13.1 Å². The maximum absolute atomic E-state index is 12.7. The maximum Gasteiger partial charge on any atom is 0.329 e. The molecule has 1 aliphatic rings. The summed E-state index contributed by atoms with van der Waals surface area (Å²) in [5, 5.41) is 3.32. The molecule has 0 aliphatic carbocycles. The number of aromatic amines is 1. The summed E-state index contributed by atoms with van der Waals surface area (Å²) in [6, 6.07) is 19.2. The molecule has 0 unspecified atom stereocenters. The third-order valence-electron chi connectivity index (χ3n) is 5.34. The van der Waals surface area contributed by atoms with Gasteiger partial charge in [0, 0.05) is 12.1 Å². The van der Waals surface area contributed by atoms with Crippen LogP contribution in [0.25, 0.3) is 10.9 Å². The van der Waals surface area contributed by atoms with Crippen LogP contribution in [0, 0.1) is 0 Å². The van der Waals surface area contributed by atoms with Crippen LogP contribution in [0.2, 0.25) is 0 Å². The number of para-hydroxylation sites is 1. The van der Waals surface area contributed by atoms with E-state index in [9.17, 15) is 14.4 Å². The first-order valence-corrected chi connectivity index (χ1v) is 10.1. The van der Waals surface area contributed by atoms with Gasteiger partial charge in [0.05, 0.1) is 17.4 Å². The normalized spacial score (nSPS) is 12.1. The van der Waals surface area contributed by atoms with Gasteiger partial charge in [0.2, 0.25) is 6.79 Å². The number of ether oxygens (including phenoxy) is 2. The number of hydrogen-bond donors (Lipinski definition) is 2. The summed E-state index contributed by atoms with van der Waals surface area (Å²) >= 11 is 0. The Balaban J connectivity index is 1.28. The highest BCUT2D eigenvalue weighted by atomic mass is 16.7. The molecular weight excluding hydrogens is 410 g/mol. The molecule has 0 atom stereocenters. The van der Waals surface area contributed by atoms with Gasteiger partial charge in [-0.1, -0.05) is 30.3 Å². The van der Waals surface area contributed by atoms with E-state index < -0.39 is 5.69 Å². The van der Waals surface area contributed by atoms with Gasteiger partial charge in [0.1, 0.15) is 0 Å². The number of rotatable bonds is 5. The van der Waals surface area contributed by atoms with Crippen LogP contribution in [0.4, 0.5) is 0 Å². The summed E-state index contributed by atoms with van der Waals surface area (Å²) in [4.78, 5) is 40.3. The van der Waals surface area contributed by atoms with Crippen LogP contribution >= 0.6 is 0 Å². The highest BCUT2D eigenvalue weighted by Gasteiger charge is 2.14. The zero-order valence-electron chi connectivity index (χ0n) is 17.0. The predicted octanol–water partition coefficient (Wildman–Crippen LogP) is 2.40. The van der Waals surface area contributed by atoms with Gasteiger partial charge in [0.25, 0.3) is 11.5 Å². The van der Waals surface area contributed by atoms with E-state index in [0.717, 1.165) is 15.7 Å². The second-order valence-corrected chi connectivity index (χ2v) is 7.43. The molecular formula is C24H19N3O5. The van der Waals surface area contributed by atoms with E-state index in [1.807, 2.05) is 18.2 Å². The summed E-state index contributed by atoms with van der Waals surface area (Å²) in [7, 11) is 0. The van der Waals surface area contributed by atoms with Gasteiger partial charge >= 0.3 is 5.69 Å². The molecule has 8 heteroatoms. The average molecular weight is 429 g/mol. The van der Waals surface area contributed by atoms with Crippen LogP contribution in [0.1, 0.15) is 21.5 Å². The van der Waals surface area contributed by atoms with Gasteiger partial charge in [0.15, 0.2) is 11.5 Å². The fraction of sp³-hybridized carbons (Fsp3) is 0.125. The molecule has 0 fully saturated rings. The molecule has 0 radical (unpaired) electrons. The van der Waals surface area contributed by atoms with Gasteiger partial charge < -0.3 is 19.8 Å². The third kappa shape index (κ3) is 3.74. The highest BCUT2D eigenvalue weighted by molar-refractivity contribution is 5.94. The van der Waals surface area contributed by atoms with E-state index in [0.29, 0.717) is 34.5 Å². The lowest BCUT2D eigenvalue weighted by atomic mass is 10.1. The molecule has 1 aromatic heterocycles. The quantitative estimate of drug-likeness (QED) is 0.507. The maximum atomic E-state index is 12.7. The van der Waals surface area contributed by atoms with Crippen LogP contribution in [0.5, 0.6) is 11.5 Å². The first-order valence-electron chi connectivity index (χ1n) is 10.1. The number of fused-ring (bicyclic) bond motifs is 2. The van der Waals surface area contributed by atoms with Crippen molar-refractivity contribution in [2.45, 2.75) is 13.1 Å². The predicted molar refractivity (Wildman–Crippen MR) is 118 cm³/mol. The number of amides is 1. The molecule has 2 N–H and O–H groups in total. The SMILES string of the molecule is O=C(NCc1ccc2c(c1)OCO2)c1ccc(Cn2c(=O)[nH]c3ccccc3c2=O)cc1. The Morgan fingerprint density at radius 3 is 2.53 bits per heavy atom. The average Bonchev–Trinajstić information content (AvgIpc) is 3.28. The Morgan fingerprint density at radius 1 is 0.938 bits per heavy atom. The van der Waals surface area contributed by atoms with Crippen molar-refractivity contribution in [1.29, 1.82) is 0 Å². The van der Waals surface area contributed by atoms with E-state index >= 15 is 0 Å². The molecule has 1 amide bonds. The summed E-state index contributed by atoms with van der Waals surface area (Å²) < 4.78 is 11.8. The molecule has 0 saturated carbocycles. The van der Waals surface area contributed by atoms with Crippen molar-refractivity contribution in [1.82, 2.24) is 14.9 Å². The van der Waals surface area contributed by atoms with Crippen molar-refractivity contribution in [2.24, 2.45) is 0 Å². The summed E-state index contributed by atoms with van der Waals surface area (Å²) in [6.45, 7) is 0.659. The lowest BCUT2D eigenvalue weighted by molar-refractivity contribution is 0.0951. The molecule has 2 heterocycles. The van der Waals surface area contributed by atoms with Crippen LogP contribution in [-0.4, -0.2) is 22.3 Å². The molecule has 8 nitrogen and oxygen atoms in total. The molecule has 3 aromatic carbocycles. The Labute approximate surface area is 182 Å². The highest BCUT2D eigenvalue weighted by Crippen LogP contribution is 2.32. The number of nitrogens with zero attached hydrogens (tertiary/aromatic N) is 1. The molecule has 0 spiro atoms. The van der Waals surface area contributed by atoms with Crippen molar-refractivity contribution >= 4 is 16.8 Å². The molecule has 32 heavy (non-hydrogen) atoms. The van der Waals surface area contributed by atoms with Gasteiger partial charge in [-0.25, -0.2) is 4.79 Å². The Bertz CT molecular complexity index is 1440. The van der Waals surface area contributed by atoms with Crippen molar-refractivity contribution in [3.8, 4) is 11.5 Å². The number of carbonyl (C=O) groups is 1. The first-order chi connectivity index (χ1) is 15.6. The number of H-pyrrole nitrogens is 1. The number of aromatic nitrogens is 2. The molecule has 0 saturated heterocycles. The fourth-order valence-electron chi connectivity index (χ4n) is 3.62. The van der Waals surface area contributed by atoms with E-state index in [1.54, 1.807) is 48.5 Å². The number of benzene rings is 3. The minimum absolute atomic E-state index is 0.109. The largest absolute Gasteiger partial charge is 0.454 e. The van der Waals surface area contributed by atoms with Gasteiger partial charge in [-0.3, -0.25) is 14.2 Å².